The van der Waals surface area contributed by atoms with E-state index in [1.807, 2.05) is 6.07 Å². The molecule has 1 aromatic heterocycles. The van der Waals surface area contributed by atoms with Gasteiger partial charge in [-0.1, -0.05) is 0 Å². The van der Waals surface area contributed by atoms with E-state index in [0.29, 0.717) is 5.39 Å². The number of hydrogen-bond acceptors (Lipinski definition) is 5. The maximum absolute atomic E-state index is 10.6. The normalized spacial score (nSPS) is 9.94. The van der Waals surface area contributed by atoms with E-state index in [4.69, 9.17) is 5.26 Å². The topological polar surface area (TPSA) is 100 Å². The number of aromatic hydroxyl groups is 1. The van der Waals surface area contributed by atoms with Crippen molar-refractivity contribution < 1.29 is 10.0 Å². The van der Waals surface area contributed by atoms with Gasteiger partial charge >= 0.3 is 5.69 Å². The molecule has 0 aliphatic heterocycles. The molecular formula is C10H5N3O3. The summed E-state index contributed by atoms with van der Waals surface area (Å²) in [6.07, 6.45) is 1.40. The summed E-state index contributed by atoms with van der Waals surface area (Å²) in [6, 6.07) is 6.04. The van der Waals surface area contributed by atoms with Gasteiger partial charge in [0.25, 0.3) is 0 Å². The highest BCUT2D eigenvalue weighted by Crippen LogP contribution is 2.34. The molecule has 0 bridgehead atoms. The first kappa shape index (κ1) is 9.86. The maximum Gasteiger partial charge on any atom is 0.314 e. The van der Waals surface area contributed by atoms with Crippen molar-refractivity contribution in [3.63, 3.8) is 0 Å². The lowest BCUT2D eigenvalue weighted by molar-refractivity contribution is -0.385. The molecule has 0 atom stereocenters. The predicted molar refractivity (Wildman–Crippen MR) is 54.8 cm³/mol. The van der Waals surface area contributed by atoms with Crippen molar-refractivity contribution in [3.8, 4) is 11.8 Å². The smallest absolute Gasteiger partial charge is 0.314 e. The van der Waals surface area contributed by atoms with E-state index in [-0.39, 0.29) is 11.1 Å². The molecule has 1 heterocycles. The molecule has 0 unspecified atom stereocenters. The van der Waals surface area contributed by atoms with Gasteiger partial charge in [-0.15, -0.1) is 0 Å². The summed E-state index contributed by atoms with van der Waals surface area (Å²) in [5, 5.41) is 29.5. The Hall–Kier alpha value is -2.68. The highest BCUT2D eigenvalue weighted by Gasteiger charge is 2.20. The van der Waals surface area contributed by atoms with Crippen LogP contribution in [0.3, 0.4) is 0 Å². The summed E-state index contributed by atoms with van der Waals surface area (Å²) in [6.45, 7) is 0. The number of phenolic OH excluding ortho intramolecular Hbond substituents is 1. The van der Waals surface area contributed by atoms with Gasteiger partial charge in [0.05, 0.1) is 10.5 Å². The first-order chi connectivity index (χ1) is 7.65. The van der Waals surface area contributed by atoms with Crippen molar-refractivity contribution in [2.24, 2.45) is 0 Å². The zero-order valence-corrected chi connectivity index (χ0v) is 7.91. The monoisotopic (exact) mass is 215 g/mol. The number of nitro benzene ring substituents is 1. The van der Waals surface area contributed by atoms with E-state index >= 15 is 0 Å². The molecule has 16 heavy (non-hydrogen) atoms. The zero-order chi connectivity index (χ0) is 11.7. The lowest BCUT2D eigenvalue weighted by atomic mass is 10.1. The van der Waals surface area contributed by atoms with Gasteiger partial charge in [0.15, 0.2) is 0 Å². The molecule has 0 radical (unpaired) electrons. The summed E-state index contributed by atoms with van der Waals surface area (Å²) in [4.78, 5) is 13.7. The lowest BCUT2D eigenvalue weighted by Gasteiger charge is -2.02. The molecule has 78 valence electrons. The third-order valence-corrected chi connectivity index (χ3v) is 2.16. The van der Waals surface area contributed by atoms with Crippen LogP contribution in [0.4, 0.5) is 5.69 Å². The van der Waals surface area contributed by atoms with E-state index in [2.05, 4.69) is 4.98 Å². The summed E-state index contributed by atoms with van der Waals surface area (Å²) < 4.78 is 0. The number of fused-ring (bicyclic) bond motifs is 1. The van der Waals surface area contributed by atoms with Crippen LogP contribution in [0.1, 0.15) is 5.56 Å². The number of hydrogen-bond donors (Lipinski definition) is 1. The molecule has 0 aliphatic carbocycles. The van der Waals surface area contributed by atoms with Crippen molar-refractivity contribution in [1.82, 2.24) is 4.98 Å². The summed E-state index contributed by atoms with van der Waals surface area (Å²) in [5.74, 6) is -0.514. The zero-order valence-electron chi connectivity index (χ0n) is 7.91. The Morgan fingerprint density at radius 2 is 2.31 bits per heavy atom. The average molecular weight is 215 g/mol. The number of nitrogens with zero attached hydrogens (tertiary/aromatic N) is 3. The summed E-state index contributed by atoms with van der Waals surface area (Å²) in [7, 11) is 0. The van der Waals surface area contributed by atoms with Crippen LogP contribution in [0.15, 0.2) is 24.4 Å². The number of nitro groups is 1. The number of pyridine rings is 1. The Morgan fingerprint density at radius 3 is 2.94 bits per heavy atom. The molecule has 6 heteroatoms. The van der Waals surface area contributed by atoms with E-state index < -0.39 is 16.4 Å². The average Bonchev–Trinajstić information content (AvgIpc) is 2.29. The van der Waals surface area contributed by atoms with Crippen molar-refractivity contribution in [1.29, 1.82) is 5.26 Å². The second kappa shape index (κ2) is 3.47. The Morgan fingerprint density at radius 1 is 1.56 bits per heavy atom. The van der Waals surface area contributed by atoms with Crippen LogP contribution < -0.4 is 0 Å². The lowest BCUT2D eigenvalue weighted by Crippen LogP contribution is -1.92. The molecule has 1 aromatic carbocycles. The molecule has 2 rings (SSSR count). The van der Waals surface area contributed by atoms with Gasteiger partial charge in [-0.05, 0) is 12.1 Å². The van der Waals surface area contributed by atoms with Crippen molar-refractivity contribution in [3.05, 3.63) is 40.1 Å². The number of nitriles is 1. The standard InChI is InChI=1S/C10H5N3O3/c11-5-6-4-8(13(15)16)10(14)9-7(6)2-1-3-12-9/h1-4,14H. The fourth-order valence-corrected chi connectivity index (χ4v) is 1.45. The second-order valence-corrected chi connectivity index (χ2v) is 3.06. The maximum atomic E-state index is 10.6. The van der Waals surface area contributed by atoms with Crippen LogP contribution >= 0.6 is 0 Å². The Labute approximate surface area is 89.5 Å². The van der Waals surface area contributed by atoms with Crippen LogP contribution in [-0.4, -0.2) is 15.0 Å². The van der Waals surface area contributed by atoms with Crippen LogP contribution in [0.5, 0.6) is 5.75 Å². The number of aromatic nitrogens is 1. The van der Waals surface area contributed by atoms with Gasteiger partial charge in [-0.3, -0.25) is 15.1 Å². The highest BCUT2D eigenvalue weighted by molar-refractivity contribution is 5.92. The Balaban J connectivity index is 2.95. The Bertz CT molecular complexity index is 631. The van der Waals surface area contributed by atoms with Crippen molar-refractivity contribution in [2.75, 3.05) is 0 Å². The minimum absolute atomic E-state index is 0.0632. The van der Waals surface area contributed by atoms with Crippen LogP contribution in [-0.2, 0) is 0 Å². The van der Waals surface area contributed by atoms with Gasteiger partial charge in [-0.25, -0.2) is 0 Å². The van der Waals surface area contributed by atoms with Gasteiger partial charge in [0.2, 0.25) is 5.75 Å². The third kappa shape index (κ3) is 1.31. The number of rotatable bonds is 1. The van der Waals surface area contributed by atoms with Gasteiger partial charge < -0.3 is 5.11 Å². The minimum Gasteiger partial charge on any atom is -0.501 e. The number of phenols is 1. The fourth-order valence-electron chi connectivity index (χ4n) is 1.45. The predicted octanol–water partition coefficient (Wildman–Crippen LogP) is 1.72. The summed E-state index contributed by atoms with van der Waals surface area (Å²) in [5.41, 5.74) is -0.330. The molecule has 6 nitrogen and oxygen atoms in total. The van der Waals surface area contributed by atoms with Crippen LogP contribution in [0.2, 0.25) is 0 Å². The van der Waals surface area contributed by atoms with Gasteiger partial charge in [-0.2, -0.15) is 5.26 Å². The molecule has 0 aliphatic rings. The van der Waals surface area contributed by atoms with Crippen molar-refractivity contribution in [2.45, 2.75) is 0 Å². The molecule has 0 fully saturated rings. The van der Waals surface area contributed by atoms with Crippen LogP contribution in [0.25, 0.3) is 10.9 Å². The van der Waals surface area contributed by atoms with Crippen molar-refractivity contribution >= 4 is 16.6 Å². The van der Waals surface area contributed by atoms with E-state index in [9.17, 15) is 15.2 Å². The van der Waals surface area contributed by atoms with Gasteiger partial charge in [0, 0.05) is 17.6 Å². The van der Waals surface area contributed by atoms with Crippen LogP contribution in [0, 0.1) is 21.4 Å². The molecule has 0 saturated carbocycles. The number of benzene rings is 1. The Kier molecular flexibility index (Phi) is 2.14. The highest BCUT2D eigenvalue weighted by atomic mass is 16.6. The largest absolute Gasteiger partial charge is 0.501 e. The quantitative estimate of drug-likeness (QED) is 0.576. The fraction of sp³-hybridized carbons (Fsp3) is 0. The molecule has 0 spiro atoms. The minimum atomic E-state index is -0.746. The molecular weight excluding hydrogens is 210 g/mol. The second-order valence-electron chi connectivity index (χ2n) is 3.06. The first-order valence-electron chi connectivity index (χ1n) is 4.30. The molecule has 0 amide bonds. The molecule has 0 saturated heterocycles. The third-order valence-electron chi connectivity index (χ3n) is 2.16. The van der Waals surface area contributed by atoms with E-state index in [1.54, 1.807) is 12.1 Å². The first-order valence-corrected chi connectivity index (χ1v) is 4.30. The van der Waals surface area contributed by atoms with E-state index in [1.165, 1.54) is 6.20 Å². The van der Waals surface area contributed by atoms with E-state index in [0.717, 1.165) is 6.07 Å². The molecule has 2 aromatic rings. The summed E-state index contributed by atoms with van der Waals surface area (Å²) >= 11 is 0. The SMILES string of the molecule is N#Cc1cc([N+](=O)[O-])c(O)c2ncccc12. The molecule has 1 N–H and O–H groups in total. The van der Waals surface area contributed by atoms with Gasteiger partial charge in [0.1, 0.15) is 11.6 Å².